The molecule has 0 unspecified atom stereocenters. The third-order valence-corrected chi connectivity index (χ3v) is 6.41. The number of ether oxygens (including phenoxy) is 1. The summed E-state index contributed by atoms with van der Waals surface area (Å²) < 4.78 is 33.3. The van der Waals surface area contributed by atoms with E-state index in [2.05, 4.69) is 10.1 Å². The Kier molecular flexibility index (Phi) is 4.86. The Bertz CT molecular complexity index is 1030. The van der Waals surface area contributed by atoms with Crippen LogP contribution in [-0.2, 0) is 21.2 Å². The Hall–Kier alpha value is -1.90. The fraction of sp³-hybridized carbons (Fsp3) is 0.294. The third kappa shape index (κ3) is 3.17. The molecule has 0 aliphatic heterocycles. The largest absolute Gasteiger partial charge is 0.378 e. The van der Waals surface area contributed by atoms with Crippen molar-refractivity contribution in [3.63, 3.8) is 0 Å². The van der Waals surface area contributed by atoms with Gasteiger partial charge < -0.3 is 4.74 Å². The molecular weight excluding hydrogens is 358 g/mol. The van der Waals surface area contributed by atoms with Crippen LogP contribution in [-0.4, -0.2) is 36.4 Å². The first-order chi connectivity index (χ1) is 11.9. The molecule has 0 aliphatic carbocycles. The number of fused-ring (bicyclic) bond motifs is 1. The summed E-state index contributed by atoms with van der Waals surface area (Å²) in [6.07, 6.45) is 1.80. The summed E-state index contributed by atoms with van der Waals surface area (Å²) in [6.45, 7) is 4.06. The van der Waals surface area contributed by atoms with Gasteiger partial charge in [-0.1, -0.05) is 17.7 Å². The van der Waals surface area contributed by atoms with Crippen LogP contribution in [0.2, 0.25) is 0 Å². The molecule has 0 N–H and O–H groups in total. The van der Waals surface area contributed by atoms with Gasteiger partial charge in [-0.15, -0.1) is 11.8 Å². The number of aromatic nitrogens is 3. The maximum atomic E-state index is 13.2. The van der Waals surface area contributed by atoms with Gasteiger partial charge in [-0.05, 0) is 38.3 Å². The van der Waals surface area contributed by atoms with Gasteiger partial charge in [0.2, 0.25) is 9.84 Å². The molecule has 0 bridgehead atoms. The molecule has 2 heterocycles. The van der Waals surface area contributed by atoms with Crippen LogP contribution in [0.5, 0.6) is 0 Å². The summed E-state index contributed by atoms with van der Waals surface area (Å²) in [5, 5.41) is 4.89. The van der Waals surface area contributed by atoms with Crippen molar-refractivity contribution in [1.82, 2.24) is 14.6 Å². The summed E-state index contributed by atoms with van der Waals surface area (Å²) in [7, 11) is -2.15. The van der Waals surface area contributed by atoms with Crippen LogP contribution in [0.15, 0.2) is 45.1 Å². The predicted octanol–water partition coefficient (Wildman–Crippen LogP) is 3.05. The molecule has 0 saturated carbocycles. The normalized spacial score (nSPS) is 12.0. The summed E-state index contributed by atoms with van der Waals surface area (Å²) in [5.41, 5.74) is 2.80. The molecule has 25 heavy (non-hydrogen) atoms. The van der Waals surface area contributed by atoms with Crippen molar-refractivity contribution in [2.45, 2.75) is 35.3 Å². The highest BCUT2D eigenvalue weighted by atomic mass is 32.2. The zero-order chi connectivity index (χ0) is 18.2. The summed E-state index contributed by atoms with van der Waals surface area (Å²) >= 11 is 1.29. The first kappa shape index (κ1) is 17.9. The first-order valence-electron chi connectivity index (χ1n) is 7.62. The maximum absolute atomic E-state index is 13.2. The number of hydrogen-bond acceptors (Lipinski definition) is 6. The second-order valence-corrected chi connectivity index (χ2v) is 8.39. The van der Waals surface area contributed by atoms with E-state index in [-0.39, 0.29) is 9.79 Å². The smallest absolute Gasteiger partial charge is 0.213 e. The highest BCUT2D eigenvalue weighted by Gasteiger charge is 2.29. The standard InChI is InChI=1S/C17H19N3O3S2/c1-11-5-7-14(8-6-11)25(21,22)15-16-18-12(2)9-13(10-23-3)20(16)19-17(15)24-4/h5-9H,10H2,1-4H3. The van der Waals surface area contributed by atoms with Crippen LogP contribution in [0.1, 0.15) is 17.0 Å². The zero-order valence-corrected chi connectivity index (χ0v) is 16.1. The Labute approximate surface area is 151 Å². The van der Waals surface area contributed by atoms with Gasteiger partial charge in [-0.2, -0.15) is 5.10 Å². The van der Waals surface area contributed by atoms with Gasteiger partial charge in [0.1, 0.15) is 5.03 Å². The maximum Gasteiger partial charge on any atom is 0.213 e. The van der Waals surface area contributed by atoms with E-state index in [1.54, 1.807) is 42.1 Å². The van der Waals surface area contributed by atoms with E-state index in [1.807, 2.05) is 19.9 Å². The van der Waals surface area contributed by atoms with Crippen LogP contribution >= 0.6 is 11.8 Å². The van der Waals surface area contributed by atoms with Gasteiger partial charge in [0, 0.05) is 12.8 Å². The fourth-order valence-corrected chi connectivity index (χ4v) is 5.02. The summed E-state index contributed by atoms with van der Waals surface area (Å²) in [4.78, 5) is 4.83. The van der Waals surface area contributed by atoms with E-state index in [9.17, 15) is 8.42 Å². The van der Waals surface area contributed by atoms with Crippen molar-refractivity contribution in [1.29, 1.82) is 0 Å². The van der Waals surface area contributed by atoms with E-state index >= 15 is 0 Å². The predicted molar refractivity (Wildman–Crippen MR) is 96.8 cm³/mol. The lowest BCUT2D eigenvalue weighted by Gasteiger charge is -2.07. The number of hydrogen-bond donors (Lipinski definition) is 0. The van der Waals surface area contributed by atoms with Gasteiger partial charge >= 0.3 is 0 Å². The molecule has 3 aromatic rings. The first-order valence-corrected chi connectivity index (χ1v) is 10.3. The number of rotatable bonds is 5. The lowest BCUT2D eigenvalue weighted by Crippen LogP contribution is -2.06. The van der Waals surface area contributed by atoms with E-state index in [0.29, 0.717) is 23.0 Å². The van der Waals surface area contributed by atoms with E-state index in [4.69, 9.17) is 4.74 Å². The Morgan fingerprint density at radius 1 is 1.20 bits per heavy atom. The monoisotopic (exact) mass is 377 g/mol. The highest BCUT2D eigenvalue weighted by Crippen LogP contribution is 2.33. The second-order valence-electron chi connectivity index (χ2n) is 5.71. The molecule has 0 radical (unpaired) electrons. The second kappa shape index (κ2) is 6.78. The molecule has 2 aromatic heterocycles. The Morgan fingerprint density at radius 3 is 2.48 bits per heavy atom. The van der Waals surface area contributed by atoms with Crippen molar-refractivity contribution in [2.24, 2.45) is 0 Å². The molecule has 6 nitrogen and oxygen atoms in total. The minimum atomic E-state index is -3.74. The molecule has 0 amide bonds. The Balaban J connectivity index is 2.33. The minimum absolute atomic E-state index is 0.143. The summed E-state index contributed by atoms with van der Waals surface area (Å²) in [5.74, 6) is 0. The molecule has 8 heteroatoms. The number of thioether (sulfide) groups is 1. The lowest BCUT2D eigenvalue weighted by molar-refractivity contribution is 0.179. The van der Waals surface area contributed by atoms with Gasteiger partial charge in [0.25, 0.3) is 0 Å². The molecule has 1 aromatic carbocycles. The molecule has 0 aliphatic rings. The molecule has 0 spiro atoms. The average molecular weight is 377 g/mol. The number of benzene rings is 1. The van der Waals surface area contributed by atoms with Crippen LogP contribution in [0.25, 0.3) is 5.65 Å². The summed E-state index contributed by atoms with van der Waals surface area (Å²) in [6, 6.07) is 8.64. The quantitative estimate of drug-likeness (QED) is 0.636. The third-order valence-electron chi connectivity index (χ3n) is 3.80. The molecular formula is C17H19N3O3S2. The molecule has 3 rings (SSSR count). The van der Waals surface area contributed by atoms with E-state index in [0.717, 1.165) is 11.3 Å². The number of nitrogens with zero attached hydrogens (tertiary/aromatic N) is 3. The average Bonchev–Trinajstić information content (AvgIpc) is 2.94. The number of sulfone groups is 1. The molecule has 0 saturated heterocycles. The van der Waals surface area contributed by atoms with Gasteiger partial charge in [-0.3, -0.25) is 0 Å². The van der Waals surface area contributed by atoms with Gasteiger partial charge in [0.15, 0.2) is 10.5 Å². The van der Waals surface area contributed by atoms with Crippen LogP contribution in [0.4, 0.5) is 0 Å². The van der Waals surface area contributed by atoms with Crippen molar-refractivity contribution in [3.8, 4) is 0 Å². The number of aryl methyl sites for hydroxylation is 2. The van der Waals surface area contributed by atoms with Crippen molar-refractivity contribution < 1.29 is 13.2 Å². The lowest BCUT2D eigenvalue weighted by atomic mass is 10.2. The fourth-order valence-electron chi connectivity index (χ4n) is 2.63. The van der Waals surface area contributed by atoms with Crippen molar-refractivity contribution in [2.75, 3.05) is 13.4 Å². The van der Waals surface area contributed by atoms with Gasteiger partial charge in [0.05, 0.1) is 17.2 Å². The van der Waals surface area contributed by atoms with Crippen molar-refractivity contribution >= 4 is 27.2 Å². The molecule has 0 fully saturated rings. The van der Waals surface area contributed by atoms with E-state index in [1.165, 1.54) is 11.8 Å². The van der Waals surface area contributed by atoms with Crippen LogP contribution in [0, 0.1) is 13.8 Å². The van der Waals surface area contributed by atoms with Crippen molar-refractivity contribution in [3.05, 3.63) is 47.3 Å². The SMILES string of the molecule is COCc1cc(C)nc2c(S(=O)(=O)c3ccc(C)cc3)c(SC)nn12. The van der Waals surface area contributed by atoms with Crippen LogP contribution in [0.3, 0.4) is 0 Å². The zero-order valence-electron chi connectivity index (χ0n) is 14.5. The van der Waals surface area contributed by atoms with Gasteiger partial charge in [-0.25, -0.2) is 17.9 Å². The number of methoxy groups -OCH3 is 1. The topological polar surface area (TPSA) is 73.6 Å². The Morgan fingerprint density at radius 2 is 1.88 bits per heavy atom. The highest BCUT2D eigenvalue weighted by molar-refractivity contribution is 7.99. The minimum Gasteiger partial charge on any atom is -0.378 e. The molecule has 132 valence electrons. The van der Waals surface area contributed by atoms with Crippen LogP contribution < -0.4 is 0 Å². The molecule has 0 atom stereocenters. The van der Waals surface area contributed by atoms with E-state index < -0.39 is 9.84 Å².